The Morgan fingerprint density at radius 3 is 2.08 bits per heavy atom. The lowest BCUT2D eigenvalue weighted by atomic mass is 10.1. The first kappa shape index (κ1) is 28.5. The first-order chi connectivity index (χ1) is 18.3. The second-order valence-electron chi connectivity index (χ2n) is 8.30. The minimum atomic E-state index is -4.28. The number of nitro benzene ring substituents is 1. The maximum absolute atomic E-state index is 12.7. The second kappa shape index (κ2) is 14.0. The van der Waals surface area contributed by atoms with Crippen molar-refractivity contribution < 1.29 is 27.6 Å². The number of carbonyl (C=O) groups is 1. The van der Waals surface area contributed by atoms with E-state index in [2.05, 4.69) is 11.9 Å². The summed E-state index contributed by atoms with van der Waals surface area (Å²) in [5.41, 5.74) is 1.62. The van der Waals surface area contributed by atoms with E-state index in [0.717, 1.165) is 35.4 Å². The summed E-state index contributed by atoms with van der Waals surface area (Å²) in [6.07, 6.45) is 1.23. The fourth-order valence-electron chi connectivity index (χ4n) is 3.53. The van der Waals surface area contributed by atoms with Gasteiger partial charge in [-0.3, -0.25) is 10.1 Å². The van der Waals surface area contributed by atoms with Crippen LogP contribution in [0.25, 0.3) is 0 Å². The number of hydrogen-bond acceptors (Lipinski definition) is 7. The molecule has 0 fully saturated rings. The second-order valence-corrected chi connectivity index (χ2v) is 9.98. The number of rotatable bonds is 14. The molecule has 0 spiro atoms. The van der Waals surface area contributed by atoms with Crippen LogP contribution >= 0.6 is 0 Å². The molecule has 0 heterocycles. The van der Waals surface area contributed by atoms with Crippen LogP contribution in [0.2, 0.25) is 0 Å². The van der Waals surface area contributed by atoms with E-state index in [1.54, 1.807) is 6.08 Å². The highest BCUT2D eigenvalue weighted by Crippen LogP contribution is 2.16. The molecule has 0 radical (unpaired) electrons. The third-order valence-electron chi connectivity index (χ3n) is 5.47. The van der Waals surface area contributed by atoms with Crippen molar-refractivity contribution in [1.82, 2.24) is 10.0 Å². The summed E-state index contributed by atoms with van der Waals surface area (Å²) in [6.45, 7) is 4.44. The molecule has 0 aromatic heterocycles. The highest BCUT2D eigenvalue weighted by molar-refractivity contribution is 7.90. The Bertz CT molecular complexity index is 1300. The number of benzene rings is 3. The molecule has 3 aromatic carbocycles. The number of non-ortho nitro benzene ring substituents is 1. The molecular weight excluding hydrogens is 510 g/mol. The van der Waals surface area contributed by atoms with Crippen LogP contribution < -0.4 is 10.0 Å². The van der Waals surface area contributed by atoms with Crippen LogP contribution in [0.4, 0.5) is 10.5 Å². The van der Waals surface area contributed by atoms with E-state index in [1.807, 2.05) is 65.4 Å². The Hall–Kier alpha value is -4.06. The van der Waals surface area contributed by atoms with Gasteiger partial charge in [-0.05, 0) is 29.7 Å². The van der Waals surface area contributed by atoms with Crippen LogP contribution in [0.3, 0.4) is 0 Å². The topological polar surface area (TPSA) is 137 Å². The molecule has 0 aliphatic rings. The van der Waals surface area contributed by atoms with E-state index < -0.39 is 33.1 Å². The number of amides is 2. The van der Waals surface area contributed by atoms with Gasteiger partial charge >= 0.3 is 6.03 Å². The van der Waals surface area contributed by atoms with Crippen molar-refractivity contribution >= 4 is 21.7 Å². The van der Waals surface area contributed by atoms with Gasteiger partial charge in [-0.15, -0.1) is 6.58 Å². The molecule has 11 heteroatoms. The Balaban J connectivity index is 1.69. The van der Waals surface area contributed by atoms with Gasteiger partial charge in [0.15, 0.2) is 0 Å². The first-order valence-electron chi connectivity index (χ1n) is 11.7. The van der Waals surface area contributed by atoms with E-state index in [0.29, 0.717) is 6.61 Å². The van der Waals surface area contributed by atoms with Crippen LogP contribution in [0.1, 0.15) is 17.5 Å². The maximum Gasteiger partial charge on any atom is 0.329 e. The summed E-state index contributed by atoms with van der Waals surface area (Å²) in [7, 11) is -4.28. The summed E-state index contributed by atoms with van der Waals surface area (Å²) < 4.78 is 39.2. The number of ether oxygens (including phenoxy) is 2. The van der Waals surface area contributed by atoms with Gasteiger partial charge < -0.3 is 14.8 Å². The quantitative estimate of drug-likeness (QED) is 0.177. The van der Waals surface area contributed by atoms with Gasteiger partial charge in [-0.1, -0.05) is 66.7 Å². The van der Waals surface area contributed by atoms with Crippen LogP contribution in [0.5, 0.6) is 0 Å². The van der Waals surface area contributed by atoms with Gasteiger partial charge in [-0.2, -0.15) is 0 Å². The third-order valence-corrected chi connectivity index (χ3v) is 6.82. The highest BCUT2D eigenvalue weighted by atomic mass is 32.2. The van der Waals surface area contributed by atoms with Crippen molar-refractivity contribution in [2.75, 3.05) is 6.61 Å². The Morgan fingerprint density at radius 1 is 0.947 bits per heavy atom. The lowest BCUT2D eigenvalue weighted by Crippen LogP contribution is -2.51. The minimum absolute atomic E-state index is 0.121. The van der Waals surface area contributed by atoms with E-state index in [-0.39, 0.29) is 30.2 Å². The van der Waals surface area contributed by atoms with Gasteiger partial charge in [0.2, 0.25) is 0 Å². The number of nitrogens with zero attached hydrogens (tertiary/aromatic N) is 1. The molecule has 38 heavy (non-hydrogen) atoms. The van der Waals surface area contributed by atoms with E-state index in [4.69, 9.17) is 9.47 Å². The number of urea groups is 1. The van der Waals surface area contributed by atoms with Crippen molar-refractivity contribution in [2.24, 2.45) is 0 Å². The van der Waals surface area contributed by atoms with Gasteiger partial charge in [0.05, 0.1) is 35.7 Å². The molecular formula is C27H29N3O7S. The average Bonchev–Trinajstić information content (AvgIpc) is 2.91. The monoisotopic (exact) mass is 539 g/mol. The van der Waals surface area contributed by atoms with E-state index in [9.17, 15) is 23.3 Å². The largest absolute Gasteiger partial charge is 0.374 e. The lowest BCUT2D eigenvalue weighted by Gasteiger charge is -2.27. The van der Waals surface area contributed by atoms with E-state index in [1.165, 1.54) is 0 Å². The number of sulfonamides is 1. The Morgan fingerprint density at radius 2 is 1.53 bits per heavy atom. The zero-order valence-corrected chi connectivity index (χ0v) is 21.4. The van der Waals surface area contributed by atoms with E-state index >= 15 is 0 Å². The molecule has 10 nitrogen and oxygen atoms in total. The molecule has 200 valence electrons. The zero-order chi connectivity index (χ0) is 27.4. The average molecular weight is 540 g/mol. The van der Waals surface area contributed by atoms with Crippen molar-refractivity contribution in [3.8, 4) is 0 Å². The van der Waals surface area contributed by atoms with Crippen LogP contribution in [-0.2, 0) is 32.7 Å². The van der Waals surface area contributed by atoms with Crippen LogP contribution in [0, 0.1) is 10.1 Å². The molecule has 2 atom stereocenters. The van der Waals surface area contributed by atoms with Crippen molar-refractivity contribution in [2.45, 2.75) is 36.7 Å². The highest BCUT2D eigenvalue weighted by Gasteiger charge is 2.26. The molecule has 2 N–H and O–H groups in total. The number of nitrogens with one attached hydrogen (secondary N) is 2. The Labute approximate surface area is 221 Å². The Kier molecular flexibility index (Phi) is 10.5. The number of hydrogen-bond donors (Lipinski definition) is 2. The van der Waals surface area contributed by atoms with Crippen LogP contribution in [0.15, 0.2) is 102 Å². The van der Waals surface area contributed by atoms with Gasteiger partial charge in [0, 0.05) is 12.1 Å². The lowest BCUT2D eigenvalue weighted by molar-refractivity contribution is -0.384. The number of nitro groups is 1. The van der Waals surface area contributed by atoms with Crippen molar-refractivity contribution in [3.05, 3.63) is 119 Å². The molecule has 0 aliphatic carbocycles. The summed E-state index contributed by atoms with van der Waals surface area (Å²) in [6, 6.07) is 21.6. The molecule has 3 rings (SSSR count). The van der Waals surface area contributed by atoms with Crippen LogP contribution in [-0.4, -0.2) is 38.1 Å². The molecule has 2 amide bonds. The normalized spacial score (nSPS) is 12.7. The van der Waals surface area contributed by atoms with Gasteiger partial charge in [0.1, 0.15) is 6.10 Å². The minimum Gasteiger partial charge on any atom is -0.374 e. The summed E-state index contributed by atoms with van der Waals surface area (Å²) >= 11 is 0. The summed E-state index contributed by atoms with van der Waals surface area (Å²) in [5, 5.41) is 13.5. The SMILES string of the molecule is C=CC[C@H](NC(=O)NS(=O)(=O)c1ccc([N+](=O)[O-])cc1)[C@@H](COCc1ccccc1)OCc1ccccc1. The van der Waals surface area contributed by atoms with Crippen molar-refractivity contribution in [1.29, 1.82) is 0 Å². The number of carbonyl (C=O) groups excluding carboxylic acids is 1. The fraction of sp³-hybridized carbons (Fsp3) is 0.222. The first-order valence-corrected chi connectivity index (χ1v) is 13.2. The molecule has 3 aromatic rings. The molecule has 0 bridgehead atoms. The standard InChI is InChI=1S/C27H29N3O7S/c1-2-9-25(28-27(31)29-38(34,35)24-16-14-23(15-17-24)30(32)33)26(37-19-22-12-7-4-8-13-22)20-36-18-21-10-5-3-6-11-21/h2-8,10-17,25-26H,1,9,18-20H2,(H2,28,29,31)/t25-,26+/m0/s1. The molecule has 0 saturated carbocycles. The summed E-state index contributed by atoms with van der Waals surface area (Å²) in [4.78, 5) is 22.6. The molecule has 0 aliphatic heterocycles. The summed E-state index contributed by atoms with van der Waals surface area (Å²) in [5.74, 6) is 0. The van der Waals surface area contributed by atoms with Gasteiger partial charge in [0.25, 0.3) is 15.7 Å². The van der Waals surface area contributed by atoms with Gasteiger partial charge in [-0.25, -0.2) is 17.9 Å². The predicted octanol–water partition coefficient (Wildman–Crippen LogP) is 4.33. The zero-order valence-electron chi connectivity index (χ0n) is 20.6. The molecule has 0 saturated heterocycles. The maximum atomic E-state index is 12.7. The van der Waals surface area contributed by atoms with Crippen molar-refractivity contribution in [3.63, 3.8) is 0 Å². The smallest absolute Gasteiger partial charge is 0.329 e. The fourth-order valence-corrected chi connectivity index (χ4v) is 4.45. The third kappa shape index (κ3) is 8.80. The molecule has 0 unspecified atom stereocenters. The predicted molar refractivity (Wildman–Crippen MR) is 142 cm³/mol.